The van der Waals surface area contributed by atoms with Gasteiger partial charge in [-0.15, -0.1) is 0 Å². The van der Waals surface area contributed by atoms with Crippen molar-refractivity contribution in [2.45, 2.75) is 258 Å². The van der Waals surface area contributed by atoms with E-state index in [1.54, 1.807) is 0 Å². The van der Waals surface area contributed by atoms with E-state index in [2.05, 4.69) is 191 Å². The van der Waals surface area contributed by atoms with Crippen LogP contribution in [0.4, 0.5) is 0 Å². The molecule has 0 aliphatic carbocycles. The van der Waals surface area contributed by atoms with Crippen molar-refractivity contribution in [2.75, 3.05) is 13.2 Å². The molecule has 1 unspecified atom stereocenters. The van der Waals surface area contributed by atoms with Crippen molar-refractivity contribution in [1.82, 2.24) is 0 Å². The van der Waals surface area contributed by atoms with Gasteiger partial charge in [0.15, 0.2) is 6.10 Å². The van der Waals surface area contributed by atoms with E-state index in [9.17, 15) is 14.4 Å². The maximum absolute atomic E-state index is 12.9. The number of unbranched alkanes of at least 4 members (excludes halogenated alkanes) is 16. The Balaban J connectivity index is 4.36. The van der Waals surface area contributed by atoms with Crippen molar-refractivity contribution < 1.29 is 28.6 Å². The monoisotopic (exact) mass is 1090 g/mol. The van der Waals surface area contributed by atoms with Gasteiger partial charge in [0, 0.05) is 19.3 Å². The van der Waals surface area contributed by atoms with Crippen LogP contribution in [0.5, 0.6) is 0 Å². The minimum absolute atomic E-state index is 0.106. The van der Waals surface area contributed by atoms with E-state index in [0.29, 0.717) is 19.3 Å². The normalized spacial score (nSPS) is 13.3. The first-order valence-corrected chi connectivity index (χ1v) is 31.6. The van der Waals surface area contributed by atoms with Crippen LogP contribution in [0.3, 0.4) is 0 Å². The number of hydrogen-bond acceptors (Lipinski definition) is 6. The largest absolute Gasteiger partial charge is 0.462 e. The zero-order chi connectivity index (χ0) is 57.1. The molecule has 6 heteroatoms. The van der Waals surface area contributed by atoms with Crippen molar-refractivity contribution in [3.05, 3.63) is 170 Å². The summed E-state index contributed by atoms with van der Waals surface area (Å²) in [5.41, 5.74) is 0. The Kier molecular flexibility index (Phi) is 61.0. The molecule has 0 aromatic rings. The molecule has 0 N–H and O–H groups in total. The van der Waals surface area contributed by atoms with Crippen molar-refractivity contribution in [3.8, 4) is 0 Å². The highest BCUT2D eigenvalue weighted by molar-refractivity contribution is 5.71. The third kappa shape index (κ3) is 63.5. The molecule has 79 heavy (non-hydrogen) atoms. The van der Waals surface area contributed by atoms with Crippen molar-refractivity contribution >= 4 is 17.9 Å². The first kappa shape index (κ1) is 73.8. The summed E-state index contributed by atoms with van der Waals surface area (Å²) in [6, 6.07) is 0. The first-order valence-electron chi connectivity index (χ1n) is 31.6. The van der Waals surface area contributed by atoms with Gasteiger partial charge in [-0.25, -0.2) is 0 Å². The number of carbonyl (C=O) groups excluding carboxylic acids is 3. The summed E-state index contributed by atoms with van der Waals surface area (Å²) in [6.07, 6.45) is 96.5. The summed E-state index contributed by atoms with van der Waals surface area (Å²) >= 11 is 0. The molecule has 0 saturated heterocycles. The van der Waals surface area contributed by atoms with Gasteiger partial charge < -0.3 is 14.2 Å². The Morgan fingerprint density at radius 2 is 0.494 bits per heavy atom. The van der Waals surface area contributed by atoms with Gasteiger partial charge in [-0.05, 0) is 135 Å². The van der Waals surface area contributed by atoms with Crippen LogP contribution in [0.2, 0.25) is 0 Å². The third-order valence-electron chi connectivity index (χ3n) is 12.7. The second kappa shape index (κ2) is 65.3. The lowest BCUT2D eigenvalue weighted by atomic mass is 10.1. The fourth-order valence-corrected chi connectivity index (χ4v) is 8.05. The highest BCUT2D eigenvalue weighted by Gasteiger charge is 2.19. The van der Waals surface area contributed by atoms with Gasteiger partial charge in [-0.2, -0.15) is 0 Å². The minimum atomic E-state index is -0.815. The zero-order valence-corrected chi connectivity index (χ0v) is 50.6. The van der Waals surface area contributed by atoms with Gasteiger partial charge in [0.25, 0.3) is 0 Å². The van der Waals surface area contributed by atoms with Crippen LogP contribution in [0, 0.1) is 0 Å². The molecule has 0 amide bonds. The molecule has 1 atom stereocenters. The molecule has 0 aromatic heterocycles. The van der Waals surface area contributed by atoms with E-state index in [-0.39, 0.29) is 37.5 Å². The van der Waals surface area contributed by atoms with Gasteiger partial charge in [0.1, 0.15) is 13.2 Å². The molecule has 0 heterocycles. The van der Waals surface area contributed by atoms with Crippen LogP contribution in [0.1, 0.15) is 252 Å². The molecule has 0 spiro atoms. The molecule has 0 aromatic carbocycles. The fourth-order valence-electron chi connectivity index (χ4n) is 8.05. The summed E-state index contributed by atoms with van der Waals surface area (Å²) in [5, 5.41) is 0. The van der Waals surface area contributed by atoms with Crippen molar-refractivity contribution in [2.24, 2.45) is 0 Å². The Bertz CT molecular complexity index is 1820. The molecule has 442 valence electrons. The maximum Gasteiger partial charge on any atom is 0.306 e. The van der Waals surface area contributed by atoms with Gasteiger partial charge >= 0.3 is 17.9 Å². The van der Waals surface area contributed by atoms with Crippen LogP contribution < -0.4 is 0 Å². The standard InChI is InChI=1S/C73H114O6/c1-4-7-10-13-16-19-21-23-25-27-29-31-32-33-34-35-36-37-38-39-40-42-43-45-47-49-51-54-57-60-63-66-72(75)78-69-70(68-77-71(74)65-62-59-56-53-18-15-12-9-6-3)79-73(76)67-64-61-58-55-52-50-48-46-44-41-30-28-26-24-22-20-17-14-11-8-5-2/h7-8,10-11,16-17,19-20,23-26,29-31,33-34,36-37,39-41,43,45-46,48,52,55,70H,4-6,9,12-15,18,21-22,27-28,32,35,38,42,44,47,49-51,53-54,56-69H2,1-3H3/b10-7-,11-8-,19-16-,20-17-,25-23-,26-24-,31-29-,34-33-,37-36-,40-39-,41-30-,45-43-,48-46-,55-52-. The number of ether oxygens (including phenoxy) is 3. The lowest BCUT2D eigenvalue weighted by Crippen LogP contribution is -2.30. The SMILES string of the molecule is CC/C=C\C/C=C\C/C=C\C/C=C\C/C=C\C/C=C\C/C=C\C/C=C\CCCCCCCCC(=O)OCC(COC(=O)CCCCCCCCCCC)OC(=O)CCCC/C=C\C/C=C\C/C=C\C/C=C\C/C=C\C/C=C\CC. The molecule has 6 nitrogen and oxygen atoms in total. The molecule has 0 fully saturated rings. The maximum atomic E-state index is 12.9. The molecule has 0 aliphatic heterocycles. The fraction of sp³-hybridized carbons (Fsp3) is 0.575. The summed E-state index contributed by atoms with van der Waals surface area (Å²) < 4.78 is 16.8. The summed E-state index contributed by atoms with van der Waals surface area (Å²) in [6.45, 7) is 6.33. The van der Waals surface area contributed by atoms with Crippen LogP contribution in [0.15, 0.2) is 170 Å². The molecular formula is C73H114O6. The van der Waals surface area contributed by atoms with Gasteiger partial charge in [0.05, 0.1) is 0 Å². The predicted molar refractivity (Wildman–Crippen MR) is 343 cm³/mol. The molecule has 0 aliphatic rings. The van der Waals surface area contributed by atoms with Crippen LogP contribution in [-0.2, 0) is 28.6 Å². The van der Waals surface area contributed by atoms with Gasteiger partial charge in [-0.1, -0.05) is 268 Å². The lowest BCUT2D eigenvalue weighted by molar-refractivity contribution is -0.167. The van der Waals surface area contributed by atoms with E-state index in [0.717, 1.165) is 154 Å². The Labute approximate surface area is 485 Å². The number of rotatable bonds is 55. The van der Waals surface area contributed by atoms with Gasteiger partial charge in [-0.3, -0.25) is 14.4 Å². The number of allylic oxidation sites excluding steroid dienone is 28. The molecule has 0 radical (unpaired) electrons. The topological polar surface area (TPSA) is 78.9 Å². The van der Waals surface area contributed by atoms with E-state index in [1.165, 1.54) is 51.4 Å². The second-order valence-electron chi connectivity index (χ2n) is 20.2. The highest BCUT2D eigenvalue weighted by Crippen LogP contribution is 2.14. The summed E-state index contributed by atoms with van der Waals surface area (Å²) in [4.78, 5) is 38.2. The molecule has 0 bridgehead atoms. The van der Waals surface area contributed by atoms with E-state index in [1.807, 2.05) is 0 Å². The quantitative estimate of drug-likeness (QED) is 0.0261. The zero-order valence-electron chi connectivity index (χ0n) is 50.6. The number of hydrogen-bond donors (Lipinski definition) is 0. The smallest absolute Gasteiger partial charge is 0.306 e. The van der Waals surface area contributed by atoms with E-state index >= 15 is 0 Å². The van der Waals surface area contributed by atoms with Crippen molar-refractivity contribution in [3.63, 3.8) is 0 Å². The summed E-state index contributed by atoms with van der Waals surface area (Å²) in [7, 11) is 0. The lowest BCUT2D eigenvalue weighted by Gasteiger charge is -2.18. The third-order valence-corrected chi connectivity index (χ3v) is 12.7. The Morgan fingerprint density at radius 1 is 0.266 bits per heavy atom. The average molecular weight is 1090 g/mol. The summed E-state index contributed by atoms with van der Waals surface area (Å²) in [5.74, 6) is -0.975. The van der Waals surface area contributed by atoms with Gasteiger partial charge in [0.2, 0.25) is 0 Å². The van der Waals surface area contributed by atoms with Crippen LogP contribution >= 0.6 is 0 Å². The molecule has 0 saturated carbocycles. The Hall–Kier alpha value is -5.23. The first-order chi connectivity index (χ1) is 39.0. The van der Waals surface area contributed by atoms with E-state index < -0.39 is 6.10 Å². The second-order valence-corrected chi connectivity index (χ2v) is 20.2. The van der Waals surface area contributed by atoms with Crippen LogP contribution in [-0.4, -0.2) is 37.2 Å². The van der Waals surface area contributed by atoms with Crippen molar-refractivity contribution in [1.29, 1.82) is 0 Å². The number of carbonyl (C=O) groups is 3. The molecular weight excluding hydrogens is 973 g/mol. The van der Waals surface area contributed by atoms with Crippen LogP contribution in [0.25, 0.3) is 0 Å². The molecule has 0 rings (SSSR count). The highest BCUT2D eigenvalue weighted by atomic mass is 16.6. The average Bonchev–Trinajstić information content (AvgIpc) is 3.45. The number of esters is 3. The Morgan fingerprint density at radius 3 is 0.797 bits per heavy atom. The minimum Gasteiger partial charge on any atom is -0.462 e. The van der Waals surface area contributed by atoms with E-state index in [4.69, 9.17) is 14.2 Å². The predicted octanol–water partition coefficient (Wildman–Crippen LogP) is 21.9.